The second kappa shape index (κ2) is 7.97. The Kier molecular flexibility index (Phi) is 5.12. The van der Waals surface area contributed by atoms with Crippen LogP contribution in [0, 0.1) is 18.3 Å². The molecule has 1 fully saturated rings. The average Bonchev–Trinajstić information content (AvgIpc) is 3.40. The van der Waals surface area contributed by atoms with E-state index in [1.165, 1.54) is 20.2 Å². The summed E-state index contributed by atoms with van der Waals surface area (Å²) in [6.45, 7) is 5.99. The first-order chi connectivity index (χ1) is 15.5. The topological polar surface area (TPSA) is 26.3 Å². The van der Waals surface area contributed by atoms with Crippen LogP contribution >= 0.6 is 10.5 Å². The summed E-state index contributed by atoms with van der Waals surface area (Å²) in [5.74, 6) is 2.38. The minimum absolute atomic E-state index is 0.00935. The van der Waals surface area contributed by atoms with Crippen molar-refractivity contribution >= 4 is 36.6 Å². The van der Waals surface area contributed by atoms with Gasteiger partial charge < -0.3 is 4.74 Å². The fraction of sp³-hybridized carbons (Fsp3) is 0.207. The van der Waals surface area contributed by atoms with Gasteiger partial charge in [-0.05, 0) is 62.6 Å². The van der Waals surface area contributed by atoms with E-state index in [1.807, 2.05) is 25.1 Å². The van der Waals surface area contributed by atoms with E-state index in [-0.39, 0.29) is 22.4 Å². The van der Waals surface area contributed by atoms with E-state index in [4.69, 9.17) is 11.2 Å². The highest BCUT2D eigenvalue weighted by Gasteiger charge is 2.40. The molecule has 1 aliphatic rings. The standard InChI is InChI=1S/C29H25O2S/c1-4-29(3,25-16-9-11-20(25)2)31-28(30)21-12-10-13-22(19-21)32-26-17-7-5-14-23(26)24-15-6-8-18-27(24)32/h1,5-8,10,12-15,17-19,25H,2,9,11,16H2,3H3/q+1. The SMILES string of the molecule is C#CC(C)(OC(=O)c1cccc(-[s+]2c3ccccc3c3ccccc32)c1)C1CCCC1=C. The third-order valence-electron chi connectivity index (χ3n) is 6.55. The van der Waals surface area contributed by atoms with Crippen molar-refractivity contribution in [2.75, 3.05) is 0 Å². The maximum atomic E-state index is 13.2. The minimum Gasteiger partial charge on any atom is -0.442 e. The van der Waals surface area contributed by atoms with Crippen molar-refractivity contribution in [2.24, 2.45) is 5.92 Å². The van der Waals surface area contributed by atoms with Crippen molar-refractivity contribution in [2.45, 2.75) is 31.8 Å². The Hall–Kier alpha value is -3.35. The zero-order valence-electron chi connectivity index (χ0n) is 18.1. The van der Waals surface area contributed by atoms with Crippen molar-refractivity contribution in [3.63, 3.8) is 0 Å². The van der Waals surface area contributed by atoms with Gasteiger partial charge in [-0.15, -0.1) is 6.42 Å². The molecular formula is C29H25O2S+. The fourth-order valence-corrected chi connectivity index (χ4v) is 7.32. The second-order valence-corrected chi connectivity index (χ2v) is 10.5. The zero-order chi connectivity index (χ0) is 22.3. The second-order valence-electron chi connectivity index (χ2n) is 8.57. The van der Waals surface area contributed by atoms with Crippen molar-refractivity contribution in [1.29, 1.82) is 0 Å². The van der Waals surface area contributed by atoms with Crippen LogP contribution in [0.3, 0.4) is 0 Å². The molecule has 32 heavy (non-hydrogen) atoms. The van der Waals surface area contributed by atoms with Crippen LogP contribution in [0.25, 0.3) is 25.1 Å². The molecule has 3 heteroatoms. The number of hydrogen-bond acceptors (Lipinski definition) is 2. The highest BCUT2D eigenvalue weighted by molar-refractivity contribution is 7.50. The van der Waals surface area contributed by atoms with E-state index >= 15 is 0 Å². The first-order valence-electron chi connectivity index (χ1n) is 10.9. The molecule has 0 amide bonds. The Morgan fingerprint density at radius 2 is 1.72 bits per heavy atom. The van der Waals surface area contributed by atoms with Crippen LogP contribution < -0.4 is 0 Å². The quantitative estimate of drug-likeness (QED) is 0.142. The van der Waals surface area contributed by atoms with Crippen molar-refractivity contribution in [3.05, 3.63) is 90.5 Å². The van der Waals surface area contributed by atoms with E-state index in [1.54, 1.807) is 0 Å². The van der Waals surface area contributed by atoms with Crippen molar-refractivity contribution in [3.8, 4) is 17.2 Å². The maximum absolute atomic E-state index is 13.2. The van der Waals surface area contributed by atoms with E-state index in [9.17, 15) is 4.79 Å². The molecule has 4 aromatic rings. The molecule has 0 aliphatic heterocycles. The van der Waals surface area contributed by atoms with Crippen molar-refractivity contribution < 1.29 is 9.53 Å². The lowest BCUT2D eigenvalue weighted by molar-refractivity contribution is -0.00150. The molecule has 0 saturated heterocycles. The molecule has 1 aliphatic carbocycles. The predicted molar refractivity (Wildman–Crippen MR) is 134 cm³/mol. The highest BCUT2D eigenvalue weighted by atomic mass is 32.2. The first kappa shape index (κ1) is 20.5. The Morgan fingerprint density at radius 3 is 2.31 bits per heavy atom. The number of ether oxygens (including phenoxy) is 1. The van der Waals surface area contributed by atoms with E-state index in [0.717, 1.165) is 29.7 Å². The number of fused-ring (bicyclic) bond motifs is 3. The van der Waals surface area contributed by atoms with Crippen LogP contribution in [0.5, 0.6) is 0 Å². The summed E-state index contributed by atoms with van der Waals surface area (Å²) >= 11 is 0. The minimum atomic E-state index is -0.977. The summed E-state index contributed by atoms with van der Waals surface area (Å²) in [7, 11) is -0.262. The Bertz CT molecular complexity index is 1350. The van der Waals surface area contributed by atoms with Gasteiger partial charge in [-0.1, -0.05) is 48.4 Å². The van der Waals surface area contributed by atoms with Gasteiger partial charge in [0, 0.05) is 33.2 Å². The molecule has 0 bridgehead atoms. The summed E-state index contributed by atoms with van der Waals surface area (Å²) in [6.07, 6.45) is 8.73. The molecule has 0 N–H and O–H groups in total. The highest BCUT2D eigenvalue weighted by Crippen LogP contribution is 2.48. The molecule has 3 aromatic carbocycles. The molecule has 158 valence electrons. The van der Waals surface area contributed by atoms with E-state index in [0.29, 0.717) is 5.56 Å². The molecular weight excluding hydrogens is 412 g/mol. The summed E-state index contributed by atoms with van der Waals surface area (Å²) in [4.78, 5) is 14.3. The van der Waals surface area contributed by atoms with Gasteiger partial charge in [-0.3, -0.25) is 0 Å². The number of hydrogen-bond donors (Lipinski definition) is 0. The van der Waals surface area contributed by atoms with Crippen LogP contribution in [-0.2, 0) is 4.74 Å². The summed E-state index contributed by atoms with van der Waals surface area (Å²) < 4.78 is 8.53. The maximum Gasteiger partial charge on any atom is 0.339 e. The van der Waals surface area contributed by atoms with Crippen LogP contribution in [0.2, 0.25) is 0 Å². The van der Waals surface area contributed by atoms with Crippen LogP contribution in [-0.4, -0.2) is 11.6 Å². The van der Waals surface area contributed by atoms with Gasteiger partial charge in [-0.25, -0.2) is 4.79 Å². The van der Waals surface area contributed by atoms with Gasteiger partial charge in [0.15, 0.2) is 19.9 Å². The van der Waals surface area contributed by atoms with Gasteiger partial charge >= 0.3 is 5.97 Å². The molecule has 1 heterocycles. The van der Waals surface area contributed by atoms with E-state index < -0.39 is 5.60 Å². The van der Waals surface area contributed by atoms with E-state index in [2.05, 4.69) is 67.1 Å². The third kappa shape index (κ3) is 3.32. The van der Waals surface area contributed by atoms with Gasteiger partial charge in [-0.2, -0.15) is 0 Å². The van der Waals surface area contributed by atoms with Crippen LogP contribution in [0.15, 0.2) is 84.9 Å². The molecule has 1 saturated carbocycles. The van der Waals surface area contributed by atoms with Gasteiger partial charge in [0.05, 0.1) is 5.56 Å². The lowest BCUT2D eigenvalue weighted by atomic mass is 9.85. The van der Waals surface area contributed by atoms with Gasteiger partial charge in [0.25, 0.3) is 0 Å². The normalized spacial score (nSPS) is 17.9. The summed E-state index contributed by atoms with van der Waals surface area (Å²) in [5, 5.41) is 2.53. The zero-order valence-corrected chi connectivity index (χ0v) is 19.0. The van der Waals surface area contributed by atoms with Crippen molar-refractivity contribution in [1.82, 2.24) is 0 Å². The number of esters is 1. The molecule has 1 aromatic heterocycles. The molecule has 2 nitrogen and oxygen atoms in total. The smallest absolute Gasteiger partial charge is 0.339 e. The third-order valence-corrected chi connectivity index (χ3v) is 8.87. The molecule has 5 rings (SSSR count). The van der Waals surface area contributed by atoms with Crippen LogP contribution in [0.4, 0.5) is 0 Å². The van der Waals surface area contributed by atoms with Gasteiger partial charge in [0.2, 0.25) is 0 Å². The Morgan fingerprint density at radius 1 is 1.06 bits per heavy atom. The lowest BCUT2D eigenvalue weighted by Gasteiger charge is -2.31. The number of carbonyl (C=O) groups is 1. The molecule has 2 unspecified atom stereocenters. The fourth-order valence-electron chi connectivity index (χ4n) is 4.89. The molecule has 2 atom stereocenters. The number of thiophene rings is 1. The monoisotopic (exact) mass is 437 g/mol. The largest absolute Gasteiger partial charge is 0.442 e. The number of carbonyl (C=O) groups excluding carboxylic acids is 1. The number of rotatable bonds is 4. The number of terminal acetylenes is 1. The molecule has 0 spiro atoms. The molecule has 0 radical (unpaired) electrons. The predicted octanol–water partition coefficient (Wildman–Crippen LogP) is 7.64. The van der Waals surface area contributed by atoms with Gasteiger partial charge in [0.1, 0.15) is 0 Å². The Labute approximate surface area is 191 Å². The number of benzene rings is 3. The average molecular weight is 438 g/mol. The van der Waals surface area contributed by atoms with Crippen LogP contribution in [0.1, 0.15) is 36.5 Å². The lowest BCUT2D eigenvalue weighted by Crippen LogP contribution is -2.37. The first-order valence-corrected chi connectivity index (χ1v) is 12.2. The summed E-state index contributed by atoms with van der Waals surface area (Å²) in [5.41, 5.74) is 0.629. The Balaban J connectivity index is 1.55. The summed E-state index contributed by atoms with van der Waals surface area (Å²) in [6, 6.07) is 24.8.